The average Bonchev–Trinajstić information content (AvgIpc) is 2.82. The van der Waals surface area contributed by atoms with E-state index in [0.29, 0.717) is 0 Å². The highest BCUT2D eigenvalue weighted by Crippen LogP contribution is 2.64. The van der Waals surface area contributed by atoms with Gasteiger partial charge in [0.25, 0.3) is 0 Å². The van der Waals surface area contributed by atoms with Gasteiger partial charge in [-0.2, -0.15) is 0 Å². The fourth-order valence-corrected chi connectivity index (χ4v) is 2.94. The van der Waals surface area contributed by atoms with Gasteiger partial charge in [-0.1, -0.05) is 26.0 Å². The normalized spacial score (nSPS) is 26.4. The Morgan fingerprint density at radius 3 is 2.25 bits per heavy atom. The number of hydrogen-bond acceptors (Lipinski definition) is 2. The van der Waals surface area contributed by atoms with Crippen molar-refractivity contribution in [2.45, 2.75) is 24.7 Å². The van der Waals surface area contributed by atoms with E-state index < -0.39 is 5.97 Å². The summed E-state index contributed by atoms with van der Waals surface area (Å²) in [5, 5.41) is 9.12. The molecule has 0 aromatic heterocycles. The molecule has 0 amide bonds. The van der Waals surface area contributed by atoms with Crippen LogP contribution in [0, 0.1) is 11.3 Å². The van der Waals surface area contributed by atoms with Crippen molar-refractivity contribution in [3.05, 3.63) is 29.8 Å². The van der Waals surface area contributed by atoms with E-state index in [0.717, 1.165) is 5.56 Å². The fourth-order valence-electron chi connectivity index (χ4n) is 2.53. The molecule has 2 atom stereocenters. The minimum absolute atomic E-state index is 0.104. The number of thioether (sulfide) groups is 1. The Balaban J connectivity index is 2.23. The Kier molecular flexibility index (Phi) is 2.74. The lowest BCUT2D eigenvalue weighted by Gasteiger charge is -2.03. The second-order valence-electron chi connectivity index (χ2n) is 4.89. The summed E-state index contributed by atoms with van der Waals surface area (Å²) < 4.78 is 0. The number of carboxylic acids is 1. The molecule has 86 valence electrons. The van der Waals surface area contributed by atoms with Gasteiger partial charge >= 0.3 is 5.97 Å². The predicted molar refractivity (Wildman–Crippen MR) is 65.9 cm³/mol. The third kappa shape index (κ3) is 1.73. The smallest absolute Gasteiger partial charge is 0.307 e. The van der Waals surface area contributed by atoms with Gasteiger partial charge in [-0.15, -0.1) is 11.8 Å². The van der Waals surface area contributed by atoms with Crippen LogP contribution >= 0.6 is 11.8 Å². The standard InChI is InChI=1S/C13H16O2S/c1-13(2)10(11(13)12(14)15)8-4-6-9(16-3)7-5-8/h4-7,10-11H,1-3H3,(H,14,15)/t10-,11+/m0/s1. The van der Waals surface area contributed by atoms with Gasteiger partial charge < -0.3 is 5.11 Å². The van der Waals surface area contributed by atoms with Crippen molar-refractivity contribution in [2.75, 3.05) is 6.26 Å². The number of hydrogen-bond donors (Lipinski definition) is 1. The Morgan fingerprint density at radius 2 is 1.88 bits per heavy atom. The molecule has 1 aliphatic carbocycles. The molecule has 3 heteroatoms. The molecular formula is C13H16O2S. The molecule has 0 saturated heterocycles. The van der Waals surface area contributed by atoms with Gasteiger partial charge in [-0.25, -0.2) is 0 Å². The first kappa shape index (κ1) is 11.5. The summed E-state index contributed by atoms with van der Waals surface area (Å²) in [7, 11) is 0. The Labute approximate surface area is 100 Å². The van der Waals surface area contributed by atoms with Gasteiger partial charge in [0, 0.05) is 10.8 Å². The van der Waals surface area contributed by atoms with Crippen molar-refractivity contribution in [1.29, 1.82) is 0 Å². The molecule has 2 nitrogen and oxygen atoms in total. The maximum absolute atomic E-state index is 11.1. The third-order valence-electron chi connectivity index (χ3n) is 3.57. The number of carboxylic acid groups (broad SMARTS) is 1. The number of benzene rings is 1. The molecule has 1 fully saturated rings. The highest BCUT2D eigenvalue weighted by Gasteiger charge is 2.62. The lowest BCUT2D eigenvalue weighted by molar-refractivity contribution is -0.139. The van der Waals surface area contributed by atoms with Gasteiger partial charge in [-0.3, -0.25) is 4.79 Å². The first-order chi connectivity index (χ1) is 7.48. The summed E-state index contributed by atoms with van der Waals surface area (Å²) in [4.78, 5) is 12.3. The summed E-state index contributed by atoms with van der Waals surface area (Å²) in [6.07, 6.45) is 2.04. The topological polar surface area (TPSA) is 37.3 Å². The van der Waals surface area contributed by atoms with Crippen LogP contribution in [0.3, 0.4) is 0 Å². The quantitative estimate of drug-likeness (QED) is 0.819. The summed E-state index contributed by atoms with van der Waals surface area (Å²) in [5.41, 5.74) is 1.04. The summed E-state index contributed by atoms with van der Waals surface area (Å²) in [5.74, 6) is -0.738. The van der Waals surface area contributed by atoms with Gasteiger partial charge in [0.2, 0.25) is 0 Å². The molecule has 0 bridgehead atoms. The predicted octanol–water partition coefficient (Wildman–Crippen LogP) is 3.23. The molecule has 16 heavy (non-hydrogen) atoms. The SMILES string of the molecule is CSc1ccc([C@H]2[C@H](C(=O)O)C2(C)C)cc1. The van der Waals surface area contributed by atoms with E-state index in [9.17, 15) is 4.79 Å². The Morgan fingerprint density at radius 1 is 1.31 bits per heavy atom. The molecule has 1 aromatic rings. The van der Waals surface area contributed by atoms with Gasteiger partial charge in [-0.05, 0) is 29.4 Å². The molecular weight excluding hydrogens is 220 g/mol. The molecule has 1 saturated carbocycles. The first-order valence-electron chi connectivity index (χ1n) is 5.35. The molecule has 0 spiro atoms. The lowest BCUT2D eigenvalue weighted by atomic mass is 10.0. The maximum Gasteiger partial charge on any atom is 0.307 e. The number of rotatable bonds is 3. The van der Waals surface area contributed by atoms with E-state index >= 15 is 0 Å². The zero-order chi connectivity index (χ0) is 11.9. The molecule has 0 unspecified atom stereocenters. The first-order valence-corrected chi connectivity index (χ1v) is 6.57. The van der Waals surface area contributed by atoms with Crippen LogP contribution in [0.1, 0.15) is 25.3 Å². The molecule has 1 aliphatic rings. The van der Waals surface area contributed by atoms with E-state index in [4.69, 9.17) is 5.11 Å². The van der Waals surface area contributed by atoms with E-state index in [2.05, 4.69) is 24.3 Å². The molecule has 2 rings (SSSR count). The van der Waals surface area contributed by atoms with Crippen molar-refractivity contribution >= 4 is 17.7 Å². The van der Waals surface area contributed by atoms with Crippen molar-refractivity contribution in [2.24, 2.45) is 11.3 Å². The third-order valence-corrected chi connectivity index (χ3v) is 4.31. The Hall–Kier alpha value is -0.960. The molecule has 0 radical (unpaired) electrons. The largest absolute Gasteiger partial charge is 0.481 e. The van der Waals surface area contributed by atoms with Crippen molar-refractivity contribution in [3.8, 4) is 0 Å². The summed E-state index contributed by atoms with van der Waals surface area (Å²) >= 11 is 1.70. The highest BCUT2D eigenvalue weighted by atomic mass is 32.2. The van der Waals surface area contributed by atoms with Crippen LogP contribution in [0.2, 0.25) is 0 Å². The zero-order valence-corrected chi connectivity index (χ0v) is 10.5. The second-order valence-corrected chi connectivity index (χ2v) is 5.77. The van der Waals surface area contributed by atoms with Gasteiger partial charge in [0.15, 0.2) is 0 Å². The number of carbonyl (C=O) groups is 1. The molecule has 1 N–H and O–H groups in total. The second kappa shape index (κ2) is 3.81. The minimum atomic E-state index is -0.677. The number of aliphatic carboxylic acids is 1. The zero-order valence-electron chi connectivity index (χ0n) is 9.73. The van der Waals surface area contributed by atoms with Crippen LogP contribution in [0.4, 0.5) is 0 Å². The van der Waals surface area contributed by atoms with Crippen LogP contribution in [0.25, 0.3) is 0 Å². The average molecular weight is 236 g/mol. The summed E-state index contributed by atoms with van der Waals surface area (Å²) in [6, 6.07) is 8.24. The molecule has 0 aliphatic heterocycles. The van der Waals surface area contributed by atoms with Crippen LogP contribution in [0.15, 0.2) is 29.2 Å². The minimum Gasteiger partial charge on any atom is -0.481 e. The highest BCUT2D eigenvalue weighted by molar-refractivity contribution is 7.98. The van der Waals surface area contributed by atoms with E-state index in [1.807, 2.05) is 20.1 Å². The van der Waals surface area contributed by atoms with Gasteiger partial charge in [0.05, 0.1) is 5.92 Å². The van der Waals surface area contributed by atoms with Crippen LogP contribution < -0.4 is 0 Å². The summed E-state index contributed by atoms with van der Waals surface area (Å²) in [6.45, 7) is 4.05. The van der Waals surface area contributed by atoms with Crippen LogP contribution in [-0.4, -0.2) is 17.3 Å². The van der Waals surface area contributed by atoms with E-state index in [-0.39, 0.29) is 17.3 Å². The van der Waals surface area contributed by atoms with E-state index in [1.54, 1.807) is 11.8 Å². The van der Waals surface area contributed by atoms with Crippen LogP contribution in [-0.2, 0) is 4.79 Å². The Bertz CT molecular complexity index is 408. The molecule has 0 heterocycles. The van der Waals surface area contributed by atoms with Gasteiger partial charge in [0.1, 0.15) is 0 Å². The van der Waals surface area contributed by atoms with Crippen LogP contribution in [0.5, 0.6) is 0 Å². The molecule has 1 aromatic carbocycles. The lowest BCUT2D eigenvalue weighted by Crippen LogP contribution is -2.03. The van der Waals surface area contributed by atoms with E-state index in [1.165, 1.54) is 4.90 Å². The van der Waals surface area contributed by atoms with Crippen molar-refractivity contribution in [1.82, 2.24) is 0 Å². The maximum atomic E-state index is 11.1. The monoisotopic (exact) mass is 236 g/mol. The van der Waals surface area contributed by atoms with Crippen molar-refractivity contribution in [3.63, 3.8) is 0 Å². The van der Waals surface area contributed by atoms with Crippen molar-refractivity contribution < 1.29 is 9.90 Å². The fraction of sp³-hybridized carbons (Fsp3) is 0.462.